The van der Waals surface area contributed by atoms with Crippen molar-refractivity contribution < 1.29 is 9.59 Å². The fourth-order valence-corrected chi connectivity index (χ4v) is 3.76. The van der Waals surface area contributed by atoms with E-state index in [1.165, 1.54) is 0 Å². The Morgan fingerprint density at radius 3 is 2.30 bits per heavy atom. The molecule has 2 rings (SSSR count). The number of rotatable bonds is 7. The van der Waals surface area contributed by atoms with Gasteiger partial charge in [-0.2, -0.15) is 0 Å². The third-order valence-corrected chi connectivity index (χ3v) is 5.30. The number of nitrogens with zero attached hydrogens (tertiary/aromatic N) is 2. The number of likely N-dealkylation sites (tertiary alicyclic amines) is 2. The fourth-order valence-electron chi connectivity index (χ4n) is 3.76. The average molecular weight is 324 g/mol. The predicted molar refractivity (Wildman–Crippen MR) is 91.1 cm³/mol. The Morgan fingerprint density at radius 1 is 1.04 bits per heavy atom. The summed E-state index contributed by atoms with van der Waals surface area (Å²) in [5, 5.41) is 5.83. The summed E-state index contributed by atoms with van der Waals surface area (Å²) in [6.07, 6.45) is 3.85. The van der Waals surface area contributed by atoms with Crippen LogP contribution in [-0.4, -0.2) is 72.5 Å². The lowest BCUT2D eigenvalue weighted by Crippen LogP contribution is -2.58. The van der Waals surface area contributed by atoms with Crippen LogP contribution in [0.3, 0.4) is 0 Å². The Kier molecular flexibility index (Phi) is 6.41. The van der Waals surface area contributed by atoms with Gasteiger partial charge in [0.15, 0.2) is 0 Å². The van der Waals surface area contributed by atoms with Gasteiger partial charge >= 0.3 is 0 Å². The van der Waals surface area contributed by atoms with Gasteiger partial charge in [0.05, 0.1) is 12.1 Å². The van der Waals surface area contributed by atoms with Crippen LogP contribution in [0, 0.1) is 0 Å². The first-order valence-corrected chi connectivity index (χ1v) is 8.96. The molecule has 2 aliphatic rings. The van der Waals surface area contributed by atoms with E-state index in [9.17, 15) is 9.59 Å². The van der Waals surface area contributed by atoms with Gasteiger partial charge in [-0.3, -0.25) is 19.4 Å². The highest BCUT2D eigenvalue weighted by atomic mass is 16.2. The lowest BCUT2D eigenvalue weighted by molar-refractivity contribution is -0.132. The maximum absolute atomic E-state index is 12.2. The Bertz CT molecular complexity index is 427. The van der Waals surface area contributed by atoms with Crippen LogP contribution in [0.5, 0.6) is 0 Å². The van der Waals surface area contributed by atoms with Gasteiger partial charge in [-0.1, -0.05) is 0 Å². The third-order valence-electron chi connectivity index (χ3n) is 5.30. The molecule has 0 spiro atoms. The topological polar surface area (TPSA) is 64.7 Å². The molecule has 2 saturated heterocycles. The van der Waals surface area contributed by atoms with Crippen molar-refractivity contribution in [1.29, 1.82) is 0 Å². The summed E-state index contributed by atoms with van der Waals surface area (Å²) in [5.74, 6) is 0.266. The quantitative estimate of drug-likeness (QED) is 0.719. The fraction of sp³-hybridized carbons (Fsp3) is 0.882. The van der Waals surface area contributed by atoms with Gasteiger partial charge in [-0.25, -0.2) is 0 Å². The van der Waals surface area contributed by atoms with E-state index < -0.39 is 0 Å². The maximum atomic E-state index is 12.2. The first-order valence-electron chi connectivity index (χ1n) is 8.96. The molecule has 0 bridgehead atoms. The van der Waals surface area contributed by atoms with Gasteiger partial charge in [-0.05, 0) is 53.0 Å². The molecule has 2 amide bonds. The maximum Gasteiger partial charge on any atom is 0.237 e. The Hall–Kier alpha value is -1.14. The van der Waals surface area contributed by atoms with E-state index in [4.69, 9.17) is 0 Å². The zero-order valence-electron chi connectivity index (χ0n) is 15.0. The molecule has 1 unspecified atom stereocenters. The molecular weight excluding hydrogens is 292 g/mol. The normalized spacial score (nSPS) is 26.8. The molecular formula is C17H32N4O2. The van der Waals surface area contributed by atoms with Crippen molar-refractivity contribution in [2.75, 3.05) is 26.7 Å². The number of carbonyl (C=O) groups is 2. The number of hydrogen-bond acceptors (Lipinski definition) is 4. The second kappa shape index (κ2) is 8.11. The summed E-state index contributed by atoms with van der Waals surface area (Å²) in [6.45, 7) is 9.09. The average Bonchev–Trinajstić information content (AvgIpc) is 2.93. The molecule has 0 aromatic heterocycles. The van der Waals surface area contributed by atoms with Gasteiger partial charge in [0.2, 0.25) is 11.8 Å². The molecule has 132 valence electrons. The van der Waals surface area contributed by atoms with Crippen LogP contribution < -0.4 is 10.6 Å². The van der Waals surface area contributed by atoms with Crippen LogP contribution in [0.1, 0.15) is 46.5 Å². The molecule has 2 heterocycles. The van der Waals surface area contributed by atoms with Crippen molar-refractivity contribution in [1.82, 2.24) is 20.4 Å². The van der Waals surface area contributed by atoms with Gasteiger partial charge in [0.25, 0.3) is 0 Å². The number of carbonyl (C=O) groups excluding carboxylic acids is 2. The SMILES string of the molecule is CNC(=O)[C@H]1CCCN1C(C)CCNC(=O)[C@H]1CCN1C(C)C. The molecule has 6 nitrogen and oxygen atoms in total. The molecule has 0 aromatic rings. The third kappa shape index (κ3) is 4.23. The lowest BCUT2D eigenvalue weighted by atomic mass is 10.00. The second-order valence-electron chi connectivity index (χ2n) is 7.07. The molecule has 2 aliphatic heterocycles. The summed E-state index contributed by atoms with van der Waals surface area (Å²) in [5.41, 5.74) is 0. The molecule has 0 aliphatic carbocycles. The largest absolute Gasteiger partial charge is 0.358 e. The summed E-state index contributed by atoms with van der Waals surface area (Å²) in [7, 11) is 1.70. The molecule has 23 heavy (non-hydrogen) atoms. The van der Waals surface area contributed by atoms with Gasteiger partial charge in [0.1, 0.15) is 0 Å². The molecule has 2 fully saturated rings. The number of nitrogens with one attached hydrogen (secondary N) is 2. The first-order chi connectivity index (χ1) is 11.0. The molecule has 0 saturated carbocycles. The van der Waals surface area contributed by atoms with Crippen molar-refractivity contribution in [3.63, 3.8) is 0 Å². The van der Waals surface area contributed by atoms with E-state index in [1.807, 2.05) is 0 Å². The van der Waals surface area contributed by atoms with Crippen LogP contribution >= 0.6 is 0 Å². The zero-order valence-corrected chi connectivity index (χ0v) is 15.0. The highest BCUT2D eigenvalue weighted by Crippen LogP contribution is 2.22. The van der Waals surface area contributed by atoms with Crippen LogP contribution in [0.4, 0.5) is 0 Å². The number of likely N-dealkylation sites (N-methyl/N-ethyl adjacent to an activating group) is 1. The van der Waals surface area contributed by atoms with Crippen LogP contribution in [0.2, 0.25) is 0 Å². The molecule has 2 N–H and O–H groups in total. The van der Waals surface area contributed by atoms with Crippen LogP contribution in [-0.2, 0) is 9.59 Å². The van der Waals surface area contributed by atoms with Gasteiger partial charge < -0.3 is 10.6 Å². The van der Waals surface area contributed by atoms with E-state index in [1.54, 1.807) is 7.05 Å². The Labute approximate surface area is 140 Å². The Morgan fingerprint density at radius 2 is 1.74 bits per heavy atom. The first kappa shape index (κ1) is 18.2. The van der Waals surface area contributed by atoms with Crippen molar-refractivity contribution in [3.05, 3.63) is 0 Å². The minimum Gasteiger partial charge on any atom is -0.358 e. The zero-order chi connectivity index (χ0) is 17.0. The van der Waals surface area contributed by atoms with E-state index in [2.05, 4.69) is 41.2 Å². The molecule has 0 aromatic carbocycles. The van der Waals surface area contributed by atoms with Crippen molar-refractivity contribution >= 4 is 11.8 Å². The highest BCUT2D eigenvalue weighted by molar-refractivity contribution is 5.82. The summed E-state index contributed by atoms with van der Waals surface area (Å²) in [6, 6.07) is 0.781. The molecule has 6 heteroatoms. The summed E-state index contributed by atoms with van der Waals surface area (Å²) >= 11 is 0. The van der Waals surface area contributed by atoms with Crippen molar-refractivity contribution in [2.24, 2.45) is 0 Å². The summed E-state index contributed by atoms with van der Waals surface area (Å²) < 4.78 is 0. The van der Waals surface area contributed by atoms with E-state index >= 15 is 0 Å². The lowest BCUT2D eigenvalue weighted by Gasteiger charge is -2.42. The van der Waals surface area contributed by atoms with Crippen molar-refractivity contribution in [3.8, 4) is 0 Å². The minimum absolute atomic E-state index is 0.00577. The van der Waals surface area contributed by atoms with Gasteiger partial charge in [0, 0.05) is 32.2 Å². The monoisotopic (exact) mass is 324 g/mol. The van der Waals surface area contributed by atoms with Crippen LogP contribution in [0.25, 0.3) is 0 Å². The van der Waals surface area contributed by atoms with E-state index in [0.29, 0.717) is 18.6 Å². The number of amides is 2. The smallest absolute Gasteiger partial charge is 0.237 e. The number of hydrogen-bond donors (Lipinski definition) is 2. The standard InChI is InChI=1S/C17H32N4O2/c1-12(2)20-11-8-15(20)17(23)19-9-7-13(3)21-10-5-6-14(21)16(22)18-4/h12-15H,5-11H2,1-4H3,(H,18,22)(H,19,23)/t13?,14-,15-/m1/s1. The highest BCUT2D eigenvalue weighted by Gasteiger charge is 2.36. The van der Waals surface area contributed by atoms with E-state index in [0.717, 1.165) is 38.8 Å². The van der Waals surface area contributed by atoms with Crippen molar-refractivity contribution in [2.45, 2.75) is 70.6 Å². The molecule has 3 atom stereocenters. The molecule has 0 radical (unpaired) electrons. The summed E-state index contributed by atoms with van der Waals surface area (Å²) in [4.78, 5) is 28.7. The van der Waals surface area contributed by atoms with Crippen LogP contribution in [0.15, 0.2) is 0 Å². The minimum atomic E-state index is -0.00577. The second-order valence-corrected chi connectivity index (χ2v) is 7.07. The Balaban J connectivity index is 1.73. The van der Waals surface area contributed by atoms with Gasteiger partial charge in [-0.15, -0.1) is 0 Å². The van der Waals surface area contributed by atoms with E-state index in [-0.39, 0.29) is 23.9 Å². The predicted octanol–water partition coefficient (Wildman–Crippen LogP) is 0.574.